The molecule has 31 heavy (non-hydrogen) atoms. The lowest BCUT2D eigenvalue weighted by molar-refractivity contribution is -0.135. The van der Waals surface area contributed by atoms with E-state index in [0.717, 1.165) is 51.3 Å². The van der Waals surface area contributed by atoms with Crippen molar-refractivity contribution in [3.8, 4) is 0 Å². The predicted molar refractivity (Wildman–Crippen MR) is 139 cm³/mol. The Morgan fingerprint density at radius 3 is 2.52 bits per heavy atom. The largest absolute Gasteiger partial charge is 0.355 e. The topological polar surface area (TPSA) is 60.0 Å². The zero-order chi connectivity index (χ0) is 21.3. The Morgan fingerprint density at radius 1 is 1.16 bits per heavy atom. The quantitative estimate of drug-likeness (QED) is 0.317. The van der Waals surface area contributed by atoms with E-state index in [-0.39, 0.29) is 35.9 Å². The lowest BCUT2D eigenvalue weighted by Gasteiger charge is -2.27. The maximum atomic E-state index is 12.8. The Hall–Kier alpha value is -1.35. The van der Waals surface area contributed by atoms with Crippen molar-refractivity contribution in [1.29, 1.82) is 0 Å². The zero-order valence-corrected chi connectivity index (χ0v) is 21.7. The Kier molecular flexibility index (Phi) is 11.1. The minimum Gasteiger partial charge on any atom is -0.355 e. The van der Waals surface area contributed by atoms with Crippen LogP contribution >= 0.6 is 24.0 Å². The number of hydrogen-bond donors (Lipinski definition) is 2. The maximum absolute atomic E-state index is 12.8. The molecule has 1 amide bonds. The highest BCUT2D eigenvalue weighted by molar-refractivity contribution is 14.0. The molecule has 1 aliphatic carbocycles. The summed E-state index contributed by atoms with van der Waals surface area (Å²) in [5.74, 6) is 1.46. The number of benzene rings is 1. The summed E-state index contributed by atoms with van der Waals surface area (Å²) < 4.78 is 0. The van der Waals surface area contributed by atoms with E-state index in [4.69, 9.17) is 0 Å². The highest BCUT2D eigenvalue weighted by atomic mass is 127. The number of rotatable bonds is 7. The minimum absolute atomic E-state index is 0. The van der Waals surface area contributed by atoms with Crippen molar-refractivity contribution in [1.82, 2.24) is 20.4 Å². The van der Waals surface area contributed by atoms with Crippen molar-refractivity contribution in [3.63, 3.8) is 0 Å². The fourth-order valence-corrected chi connectivity index (χ4v) is 4.61. The smallest absolute Gasteiger partial charge is 0.225 e. The number of nitrogens with zero attached hydrogens (tertiary/aromatic N) is 3. The number of likely N-dealkylation sites (tertiary alicyclic amines) is 1. The third-order valence-electron chi connectivity index (χ3n) is 6.57. The fourth-order valence-electron chi connectivity index (χ4n) is 4.61. The molecule has 1 aliphatic heterocycles. The van der Waals surface area contributed by atoms with E-state index < -0.39 is 0 Å². The van der Waals surface area contributed by atoms with E-state index in [1.165, 1.54) is 24.8 Å². The summed E-state index contributed by atoms with van der Waals surface area (Å²) in [4.78, 5) is 21.6. The van der Waals surface area contributed by atoms with Crippen molar-refractivity contribution >= 4 is 35.8 Å². The molecule has 0 aromatic heterocycles. The number of aliphatic imine (C=N–C) groups is 1. The predicted octanol–water partition coefficient (Wildman–Crippen LogP) is 3.12. The van der Waals surface area contributed by atoms with Crippen LogP contribution in [0.15, 0.2) is 35.3 Å². The summed E-state index contributed by atoms with van der Waals surface area (Å²) in [6.07, 6.45) is 7.82. The highest BCUT2D eigenvalue weighted by Gasteiger charge is 2.31. The second-order valence-corrected chi connectivity index (χ2v) is 9.01. The van der Waals surface area contributed by atoms with Gasteiger partial charge in [-0.05, 0) is 45.3 Å². The molecule has 1 aromatic rings. The van der Waals surface area contributed by atoms with E-state index >= 15 is 0 Å². The monoisotopic (exact) mass is 541 g/mol. The van der Waals surface area contributed by atoms with Crippen molar-refractivity contribution < 1.29 is 4.79 Å². The zero-order valence-electron chi connectivity index (χ0n) is 19.3. The molecule has 0 spiro atoms. The van der Waals surface area contributed by atoms with Gasteiger partial charge in [0.2, 0.25) is 5.91 Å². The van der Waals surface area contributed by atoms with Crippen LogP contribution in [-0.4, -0.2) is 74.5 Å². The molecule has 7 heteroatoms. The van der Waals surface area contributed by atoms with Gasteiger partial charge in [0.1, 0.15) is 0 Å². The van der Waals surface area contributed by atoms with E-state index in [9.17, 15) is 4.79 Å². The molecule has 2 aliphatic rings. The molecule has 174 valence electrons. The Bertz CT molecular complexity index is 690. The van der Waals surface area contributed by atoms with Gasteiger partial charge in [0, 0.05) is 44.7 Å². The molecule has 1 aromatic carbocycles. The van der Waals surface area contributed by atoms with Crippen LogP contribution in [0.4, 0.5) is 0 Å². The van der Waals surface area contributed by atoms with Crippen LogP contribution < -0.4 is 10.6 Å². The Balaban J connectivity index is 0.00000341. The van der Waals surface area contributed by atoms with Gasteiger partial charge in [-0.15, -0.1) is 24.0 Å². The summed E-state index contributed by atoms with van der Waals surface area (Å²) in [6.45, 7) is 2.47. The molecular weight excluding hydrogens is 501 g/mol. The van der Waals surface area contributed by atoms with E-state index in [1.807, 2.05) is 7.05 Å². The maximum Gasteiger partial charge on any atom is 0.225 e. The number of likely N-dealkylation sites (N-methyl/N-ethyl adjacent to an activating group) is 1. The summed E-state index contributed by atoms with van der Waals surface area (Å²) >= 11 is 0. The average Bonchev–Trinajstić information content (AvgIpc) is 3.24. The van der Waals surface area contributed by atoms with Crippen LogP contribution in [-0.2, 0) is 11.2 Å². The van der Waals surface area contributed by atoms with Crippen molar-refractivity contribution in [2.75, 3.05) is 40.8 Å². The molecule has 1 heterocycles. The first-order valence-electron chi connectivity index (χ1n) is 11.5. The average molecular weight is 542 g/mol. The SMILES string of the molecule is CN=C(NCC(Cc1ccccc1)N(C)C)NC1CCN(C(=O)C2CCCCC2)C1.I. The van der Waals surface area contributed by atoms with Gasteiger partial charge in [0.05, 0.1) is 0 Å². The number of guanidine groups is 1. The van der Waals surface area contributed by atoms with Gasteiger partial charge < -0.3 is 20.4 Å². The molecular formula is C24H40IN5O. The van der Waals surface area contributed by atoms with E-state index in [2.05, 4.69) is 69.9 Å². The van der Waals surface area contributed by atoms with Gasteiger partial charge in [-0.3, -0.25) is 9.79 Å². The first-order chi connectivity index (χ1) is 14.6. The number of carbonyl (C=O) groups is 1. The molecule has 6 nitrogen and oxygen atoms in total. The molecule has 2 N–H and O–H groups in total. The third kappa shape index (κ3) is 7.93. The van der Waals surface area contributed by atoms with Crippen LogP contribution in [0, 0.1) is 5.92 Å². The Labute approximate surface area is 205 Å². The molecule has 0 bridgehead atoms. The number of halogens is 1. The number of carbonyl (C=O) groups excluding carboxylic acids is 1. The van der Waals surface area contributed by atoms with Crippen LogP contribution in [0.5, 0.6) is 0 Å². The molecule has 0 radical (unpaired) electrons. The number of hydrogen-bond acceptors (Lipinski definition) is 3. The molecule has 2 fully saturated rings. The molecule has 2 atom stereocenters. The second kappa shape index (κ2) is 13.3. The third-order valence-corrected chi connectivity index (χ3v) is 6.57. The van der Waals surface area contributed by atoms with Gasteiger partial charge >= 0.3 is 0 Å². The van der Waals surface area contributed by atoms with E-state index in [1.54, 1.807) is 0 Å². The minimum atomic E-state index is 0. The molecule has 1 saturated carbocycles. The van der Waals surface area contributed by atoms with Crippen LogP contribution in [0.2, 0.25) is 0 Å². The lowest BCUT2D eigenvalue weighted by Crippen LogP contribution is -2.49. The number of amides is 1. The van der Waals surface area contributed by atoms with Gasteiger partial charge in [-0.1, -0.05) is 49.6 Å². The van der Waals surface area contributed by atoms with E-state index in [0.29, 0.717) is 11.9 Å². The van der Waals surface area contributed by atoms with Gasteiger partial charge in [0.15, 0.2) is 5.96 Å². The standard InChI is InChI=1S/C24H39N5O.HI/c1-25-24(26-17-22(28(2)3)16-19-10-6-4-7-11-19)27-21-14-15-29(18-21)23(30)20-12-8-5-9-13-20;/h4,6-7,10-11,20-22H,5,8-9,12-18H2,1-3H3,(H2,25,26,27);1H. The molecule has 3 rings (SSSR count). The first kappa shape index (κ1) is 25.9. The molecule has 2 unspecified atom stereocenters. The van der Waals surface area contributed by atoms with Crippen LogP contribution in [0.1, 0.15) is 44.1 Å². The first-order valence-corrected chi connectivity index (χ1v) is 11.5. The van der Waals surface area contributed by atoms with Crippen molar-refractivity contribution in [2.45, 2.75) is 57.0 Å². The van der Waals surface area contributed by atoms with Gasteiger partial charge in [-0.25, -0.2) is 0 Å². The van der Waals surface area contributed by atoms with Gasteiger partial charge in [0.25, 0.3) is 0 Å². The molecule has 1 saturated heterocycles. The second-order valence-electron chi connectivity index (χ2n) is 9.01. The normalized spacial score (nSPS) is 21.0. The van der Waals surface area contributed by atoms with Crippen molar-refractivity contribution in [3.05, 3.63) is 35.9 Å². The van der Waals surface area contributed by atoms with Crippen LogP contribution in [0.25, 0.3) is 0 Å². The van der Waals surface area contributed by atoms with Gasteiger partial charge in [-0.2, -0.15) is 0 Å². The van der Waals surface area contributed by atoms with Crippen LogP contribution in [0.3, 0.4) is 0 Å². The lowest BCUT2D eigenvalue weighted by atomic mass is 9.88. The summed E-state index contributed by atoms with van der Waals surface area (Å²) in [7, 11) is 6.06. The highest BCUT2D eigenvalue weighted by Crippen LogP contribution is 2.26. The fraction of sp³-hybridized carbons (Fsp3) is 0.667. The summed E-state index contributed by atoms with van der Waals surface area (Å²) in [5, 5.41) is 7.04. The number of nitrogens with one attached hydrogen (secondary N) is 2. The Morgan fingerprint density at radius 2 is 1.87 bits per heavy atom. The summed E-state index contributed by atoms with van der Waals surface area (Å²) in [5.41, 5.74) is 1.34. The summed E-state index contributed by atoms with van der Waals surface area (Å²) in [6, 6.07) is 11.3. The van der Waals surface area contributed by atoms with Crippen molar-refractivity contribution in [2.24, 2.45) is 10.9 Å².